The molecular formula is C16H19BrO3. The van der Waals surface area contributed by atoms with E-state index in [0.717, 1.165) is 43.4 Å². The molecule has 2 aliphatic rings. The molecule has 1 aromatic rings. The summed E-state index contributed by atoms with van der Waals surface area (Å²) in [7, 11) is 0. The molecule has 4 heteroatoms. The second kappa shape index (κ2) is 5.49. The van der Waals surface area contributed by atoms with Gasteiger partial charge in [-0.05, 0) is 43.2 Å². The van der Waals surface area contributed by atoms with Crippen molar-refractivity contribution in [2.45, 2.75) is 31.1 Å². The van der Waals surface area contributed by atoms with Crippen LogP contribution < -0.4 is 0 Å². The van der Waals surface area contributed by atoms with E-state index in [1.807, 2.05) is 6.07 Å². The van der Waals surface area contributed by atoms with Crippen LogP contribution in [-0.2, 0) is 14.9 Å². The minimum Gasteiger partial charge on any atom is -0.481 e. The molecule has 0 radical (unpaired) electrons. The highest BCUT2D eigenvalue weighted by Crippen LogP contribution is 2.48. The average Bonchev–Trinajstić information content (AvgIpc) is 2.40. The van der Waals surface area contributed by atoms with Crippen LogP contribution in [0.1, 0.15) is 31.2 Å². The minimum absolute atomic E-state index is 0.0869. The Balaban J connectivity index is 1.81. The van der Waals surface area contributed by atoms with Crippen molar-refractivity contribution < 1.29 is 14.6 Å². The van der Waals surface area contributed by atoms with Crippen LogP contribution in [0, 0.1) is 11.8 Å². The summed E-state index contributed by atoms with van der Waals surface area (Å²) < 4.78 is 6.68. The summed E-state index contributed by atoms with van der Waals surface area (Å²) in [4.78, 5) is 11.1. The summed E-state index contributed by atoms with van der Waals surface area (Å²) in [5, 5.41) is 9.13. The maximum atomic E-state index is 11.1. The molecule has 3 nitrogen and oxygen atoms in total. The molecule has 1 saturated carbocycles. The molecule has 0 aromatic heterocycles. The van der Waals surface area contributed by atoms with Crippen molar-refractivity contribution in [3.8, 4) is 0 Å². The van der Waals surface area contributed by atoms with E-state index in [1.165, 1.54) is 5.56 Å². The monoisotopic (exact) mass is 338 g/mol. The molecule has 0 unspecified atom stereocenters. The second-order valence-corrected chi connectivity index (χ2v) is 6.87. The van der Waals surface area contributed by atoms with E-state index in [2.05, 4.69) is 34.1 Å². The lowest BCUT2D eigenvalue weighted by Crippen LogP contribution is -2.53. The normalized spacial score (nSPS) is 28.6. The fourth-order valence-corrected chi connectivity index (χ4v) is 4.37. The lowest BCUT2D eigenvalue weighted by Gasteiger charge is -2.50. The molecule has 3 rings (SSSR count). The van der Waals surface area contributed by atoms with Crippen LogP contribution >= 0.6 is 15.9 Å². The topological polar surface area (TPSA) is 46.5 Å². The first kappa shape index (κ1) is 14.1. The van der Waals surface area contributed by atoms with Gasteiger partial charge >= 0.3 is 5.97 Å². The smallest absolute Gasteiger partial charge is 0.306 e. The molecular weight excluding hydrogens is 320 g/mol. The summed E-state index contributed by atoms with van der Waals surface area (Å²) in [6, 6.07) is 8.36. The number of hydrogen-bond acceptors (Lipinski definition) is 2. The Morgan fingerprint density at radius 1 is 1.20 bits per heavy atom. The quantitative estimate of drug-likeness (QED) is 0.915. The zero-order valence-electron chi connectivity index (χ0n) is 11.3. The Bertz CT molecular complexity index is 502. The van der Waals surface area contributed by atoms with Crippen LogP contribution in [0.2, 0.25) is 0 Å². The van der Waals surface area contributed by atoms with Gasteiger partial charge in [-0.3, -0.25) is 4.79 Å². The standard InChI is InChI=1S/C16H19BrO3/c17-14-4-2-1-3-13(14)16(9-20-10-16)12-7-5-11(6-8-12)15(18)19/h1-4,11-12H,5-10H2,(H,18,19). The Hall–Kier alpha value is -0.870. The highest BCUT2D eigenvalue weighted by molar-refractivity contribution is 9.10. The molecule has 0 spiro atoms. The lowest BCUT2D eigenvalue weighted by molar-refractivity contribution is -0.145. The Morgan fingerprint density at radius 3 is 2.35 bits per heavy atom. The van der Waals surface area contributed by atoms with Crippen LogP contribution in [0.4, 0.5) is 0 Å². The number of benzene rings is 1. The van der Waals surface area contributed by atoms with Gasteiger partial charge in [0.15, 0.2) is 0 Å². The Kier molecular flexibility index (Phi) is 3.87. The van der Waals surface area contributed by atoms with Crippen molar-refractivity contribution in [2.24, 2.45) is 11.8 Å². The molecule has 108 valence electrons. The molecule has 0 amide bonds. The summed E-state index contributed by atoms with van der Waals surface area (Å²) >= 11 is 3.66. The molecule has 1 heterocycles. The molecule has 1 aromatic carbocycles. The molecule has 0 bridgehead atoms. The average molecular weight is 339 g/mol. The molecule has 20 heavy (non-hydrogen) atoms. The summed E-state index contributed by atoms with van der Waals surface area (Å²) in [5.41, 5.74) is 1.41. The third kappa shape index (κ3) is 2.29. The molecule has 0 atom stereocenters. The van der Waals surface area contributed by atoms with Crippen molar-refractivity contribution in [3.05, 3.63) is 34.3 Å². The number of aliphatic carboxylic acids is 1. The number of carboxylic acid groups (broad SMARTS) is 1. The van der Waals surface area contributed by atoms with Crippen molar-refractivity contribution >= 4 is 21.9 Å². The van der Waals surface area contributed by atoms with E-state index in [-0.39, 0.29) is 11.3 Å². The van der Waals surface area contributed by atoms with E-state index in [0.29, 0.717) is 5.92 Å². The predicted molar refractivity (Wildman–Crippen MR) is 79.7 cm³/mol. The van der Waals surface area contributed by atoms with E-state index < -0.39 is 5.97 Å². The number of ether oxygens (including phenoxy) is 1. The maximum Gasteiger partial charge on any atom is 0.306 e. The molecule has 1 aliphatic heterocycles. The fourth-order valence-electron chi connectivity index (χ4n) is 3.69. The first-order valence-electron chi connectivity index (χ1n) is 7.19. The lowest BCUT2D eigenvalue weighted by atomic mass is 9.62. The van der Waals surface area contributed by atoms with Crippen LogP contribution in [0.15, 0.2) is 28.7 Å². The van der Waals surface area contributed by atoms with Crippen molar-refractivity contribution in [2.75, 3.05) is 13.2 Å². The van der Waals surface area contributed by atoms with Gasteiger partial charge in [0, 0.05) is 9.89 Å². The van der Waals surface area contributed by atoms with Gasteiger partial charge in [-0.15, -0.1) is 0 Å². The van der Waals surface area contributed by atoms with Crippen LogP contribution in [0.3, 0.4) is 0 Å². The van der Waals surface area contributed by atoms with Gasteiger partial charge in [0.2, 0.25) is 0 Å². The SMILES string of the molecule is O=C(O)C1CCC(C2(c3ccccc3Br)COC2)CC1. The Morgan fingerprint density at radius 2 is 1.85 bits per heavy atom. The van der Waals surface area contributed by atoms with Gasteiger partial charge in [-0.2, -0.15) is 0 Å². The third-order valence-corrected chi connectivity index (χ3v) is 5.68. The number of halogens is 1. The fraction of sp³-hybridized carbons (Fsp3) is 0.562. The first-order valence-corrected chi connectivity index (χ1v) is 7.98. The predicted octanol–water partition coefficient (Wildman–Crippen LogP) is 3.61. The summed E-state index contributed by atoms with van der Waals surface area (Å²) in [5.74, 6) is -0.252. The molecule has 1 saturated heterocycles. The number of carbonyl (C=O) groups is 1. The molecule has 1 aliphatic carbocycles. The number of carboxylic acids is 1. The van der Waals surface area contributed by atoms with E-state index in [4.69, 9.17) is 9.84 Å². The maximum absolute atomic E-state index is 11.1. The molecule has 2 fully saturated rings. The Labute approximate surface area is 127 Å². The highest BCUT2D eigenvalue weighted by Gasteiger charge is 2.49. The highest BCUT2D eigenvalue weighted by atomic mass is 79.9. The van der Waals surface area contributed by atoms with Crippen molar-refractivity contribution in [3.63, 3.8) is 0 Å². The van der Waals surface area contributed by atoms with Crippen molar-refractivity contribution in [1.29, 1.82) is 0 Å². The second-order valence-electron chi connectivity index (χ2n) is 6.02. The number of rotatable bonds is 3. The molecule has 1 N–H and O–H groups in total. The summed E-state index contributed by atoms with van der Waals surface area (Å²) in [6.45, 7) is 1.52. The van der Waals surface area contributed by atoms with E-state index in [1.54, 1.807) is 0 Å². The van der Waals surface area contributed by atoms with Crippen LogP contribution in [0.25, 0.3) is 0 Å². The van der Waals surface area contributed by atoms with Gasteiger partial charge in [0.1, 0.15) is 0 Å². The third-order valence-electron chi connectivity index (χ3n) is 4.99. The van der Waals surface area contributed by atoms with Gasteiger partial charge in [0.25, 0.3) is 0 Å². The van der Waals surface area contributed by atoms with E-state index in [9.17, 15) is 4.79 Å². The zero-order chi connectivity index (χ0) is 14.2. The zero-order valence-corrected chi connectivity index (χ0v) is 12.9. The van der Waals surface area contributed by atoms with Gasteiger partial charge in [0.05, 0.1) is 19.1 Å². The largest absolute Gasteiger partial charge is 0.481 e. The summed E-state index contributed by atoms with van der Waals surface area (Å²) in [6.07, 6.45) is 3.57. The van der Waals surface area contributed by atoms with Gasteiger partial charge < -0.3 is 9.84 Å². The minimum atomic E-state index is -0.636. The number of hydrogen-bond donors (Lipinski definition) is 1. The van der Waals surface area contributed by atoms with Crippen LogP contribution in [0.5, 0.6) is 0 Å². The van der Waals surface area contributed by atoms with Gasteiger partial charge in [-0.1, -0.05) is 34.1 Å². The first-order chi connectivity index (χ1) is 9.63. The van der Waals surface area contributed by atoms with Gasteiger partial charge in [-0.25, -0.2) is 0 Å². The van der Waals surface area contributed by atoms with Crippen molar-refractivity contribution in [1.82, 2.24) is 0 Å². The van der Waals surface area contributed by atoms with E-state index >= 15 is 0 Å². The van der Waals surface area contributed by atoms with Crippen LogP contribution in [-0.4, -0.2) is 24.3 Å².